The number of thioether (sulfide) groups is 1. The second kappa shape index (κ2) is 8.84. The Kier molecular flexibility index (Phi) is 6.26. The molecule has 1 aromatic heterocycles. The van der Waals surface area contributed by atoms with E-state index in [4.69, 9.17) is 0 Å². The van der Waals surface area contributed by atoms with Crippen LogP contribution in [0.4, 0.5) is 10.1 Å². The first kappa shape index (κ1) is 19.8. The summed E-state index contributed by atoms with van der Waals surface area (Å²) in [5, 5.41) is 3.29. The number of aromatic amines is 1. The van der Waals surface area contributed by atoms with Gasteiger partial charge in [0.1, 0.15) is 5.82 Å². The lowest BCUT2D eigenvalue weighted by molar-refractivity contribution is -0.115. The summed E-state index contributed by atoms with van der Waals surface area (Å²) in [5.74, 6) is -0.000114. The van der Waals surface area contributed by atoms with E-state index >= 15 is 0 Å². The zero-order valence-electron chi connectivity index (χ0n) is 15.6. The van der Waals surface area contributed by atoms with E-state index in [2.05, 4.69) is 15.3 Å². The van der Waals surface area contributed by atoms with E-state index in [1.54, 1.807) is 12.1 Å². The molecule has 5 nitrogen and oxygen atoms in total. The van der Waals surface area contributed by atoms with Gasteiger partial charge in [0.05, 0.1) is 12.1 Å². The smallest absolute Gasteiger partial charge is 0.251 e. The number of amides is 1. The third kappa shape index (κ3) is 5.53. The molecule has 7 heteroatoms. The van der Waals surface area contributed by atoms with Crippen LogP contribution in [0.3, 0.4) is 0 Å². The van der Waals surface area contributed by atoms with Gasteiger partial charge in [-0.1, -0.05) is 36.0 Å². The van der Waals surface area contributed by atoms with Gasteiger partial charge in [0, 0.05) is 17.5 Å². The standard InChI is InChI=1S/C21H20FN3O2S/c1-13-3-4-14(2)18(9-13)24-19(26)10-17-11-20(27)25-21(23-17)28-12-15-5-7-16(22)8-6-15/h3-9,11H,10,12H2,1-2H3,(H,24,26)(H,23,25,27). The van der Waals surface area contributed by atoms with Crippen LogP contribution in [0.1, 0.15) is 22.4 Å². The first-order valence-corrected chi connectivity index (χ1v) is 9.72. The van der Waals surface area contributed by atoms with Crippen molar-refractivity contribution in [3.05, 3.63) is 87.1 Å². The predicted octanol–water partition coefficient (Wildman–Crippen LogP) is 4.00. The zero-order chi connectivity index (χ0) is 20.1. The van der Waals surface area contributed by atoms with Crippen LogP contribution in [0.2, 0.25) is 0 Å². The quantitative estimate of drug-likeness (QED) is 0.487. The number of benzene rings is 2. The molecule has 2 aromatic carbocycles. The van der Waals surface area contributed by atoms with Crippen LogP contribution >= 0.6 is 11.8 Å². The van der Waals surface area contributed by atoms with Crippen molar-refractivity contribution in [1.82, 2.24) is 9.97 Å². The highest BCUT2D eigenvalue weighted by Gasteiger charge is 2.10. The molecule has 0 fully saturated rings. The van der Waals surface area contributed by atoms with E-state index in [1.165, 1.54) is 30.0 Å². The maximum Gasteiger partial charge on any atom is 0.251 e. The molecule has 0 aliphatic rings. The van der Waals surface area contributed by atoms with E-state index in [0.717, 1.165) is 22.4 Å². The summed E-state index contributed by atoms with van der Waals surface area (Å²) < 4.78 is 13.0. The van der Waals surface area contributed by atoms with Gasteiger partial charge < -0.3 is 10.3 Å². The number of halogens is 1. The Morgan fingerprint density at radius 1 is 1.14 bits per heavy atom. The molecule has 3 rings (SSSR count). The highest BCUT2D eigenvalue weighted by molar-refractivity contribution is 7.98. The topological polar surface area (TPSA) is 74.8 Å². The van der Waals surface area contributed by atoms with Crippen LogP contribution in [-0.4, -0.2) is 15.9 Å². The van der Waals surface area contributed by atoms with Crippen LogP contribution in [0, 0.1) is 19.7 Å². The van der Waals surface area contributed by atoms with Crippen molar-refractivity contribution < 1.29 is 9.18 Å². The SMILES string of the molecule is Cc1ccc(C)c(NC(=O)Cc2cc(=O)[nH]c(SCc3ccc(F)cc3)n2)c1. The molecule has 0 radical (unpaired) electrons. The minimum Gasteiger partial charge on any atom is -0.326 e. The molecule has 0 saturated heterocycles. The Morgan fingerprint density at radius 2 is 1.89 bits per heavy atom. The van der Waals surface area contributed by atoms with Crippen molar-refractivity contribution in [2.24, 2.45) is 0 Å². The minimum atomic E-state index is -0.314. The third-order valence-electron chi connectivity index (χ3n) is 4.07. The molecular formula is C21H20FN3O2S. The van der Waals surface area contributed by atoms with Crippen LogP contribution in [0.5, 0.6) is 0 Å². The number of aryl methyl sites for hydroxylation is 2. The van der Waals surface area contributed by atoms with Crippen molar-refractivity contribution in [1.29, 1.82) is 0 Å². The lowest BCUT2D eigenvalue weighted by Crippen LogP contribution is -2.18. The Labute approximate surface area is 166 Å². The van der Waals surface area contributed by atoms with Crippen molar-refractivity contribution in [3.8, 4) is 0 Å². The monoisotopic (exact) mass is 397 g/mol. The van der Waals surface area contributed by atoms with Gasteiger partial charge in [0.2, 0.25) is 5.91 Å². The Balaban J connectivity index is 1.67. The number of H-pyrrole nitrogens is 1. The van der Waals surface area contributed by atoms with Gasteiger partial charge >= 0.3 is 0 Å². The van der Waals surface area contributed by atoms with Crippen molar-refractivity contribution in [2.45, 2.75) is 31.2 Å². The normalized spacial score (nSPS) is 10.7. The number of carbonyl (C=O) groups excluding carboxylic acids is 1. The molecular weight excluding hydrogens is 377 g/mol. The molecule has 0 atom stereocenters. The molecule has 0 aliphatic carbocycles. The third-order valence-corrected chi connectivity index (χ3v) is 5.02. The van der Waals surface area contributed by atoms with Crippen molar-refractivity contribution in [2.75, 3.05) is 5.32 Å². The van der Waals surface area contributed by atoms with Gasteiger partial charge in [0.15, 0.2) is 5.16 Å². The van der Waals surface area contributed by atoms with Crippen LogP contribution < -0.4 is 10.9 Å². The molecule has 28 heavy (non-hydrogen) atoms. The maximum atomic E-state index is 13.0. The summed E-state index contributed by atoms with van der Waals surface area (Å²) in [5.41, 5.74) is 3.76. The average molecular weight is 397 g/mol. The minimum absolute atomic E-state index is 0.00140. The fourth-order valence-corrected chi connectivity index (χ4v) is 3.45. The first-order valence-electron chi connectivity index (χ1n) is 8.73. The molecule has 1 heterocycles. The molecule has 0 bridgehead atoms. The number of aromatic nitrogens is 2. The second-order valence-electron chi connectivity index (χ2n) is 6.50. The van der Waals surface area contributed by atoms with E-state index in [-0.39, 0.29) is 23.7 Å². The maximum absolute atomic E-state index is 13.0. The molecule has 0 aliphatic heterocycles. The zero-order valence-corrected chi connectivity index (χ0v) is 16.4. The molecule has 0 spiro atoms. The summed E-state index contributed by atoms with van der Waals surface area (Å²) in [7, 11) is 0. The Hall–Kier alpha value is -2.93. The van der Waals surface area contributed by atoms with Crippen LogP contribution in [0.15, 0.2) is 58.5 Å². The Morgan fingerprint density at radius 3 is 2.64 bits per heavy atom. The predicted molar refractivity (Wildman–Crippen MR) is 109 cm³/mol. The summed E-state index contributed by atoms with van der Waals surface area (Å²) >= 11 is 1.32. The molecule has 3 aromatic rings. The van der Waals surface area contributed by atoms with E-state index < -0.39 is 0 Å². The number of nitrogens with one attached hydrogen (secondary N) is 2. The van der Waals surface area contributed by atoms with E-state index in [0.29, 0.717) is 16.6 Å². The van der Waals surface area contributed by atoms with E-state index in [9.17, 15) is 14.0 Å². The summed E-state index contributed by atoms with van der Waals surface area (Å²) in [6.45, 7) is 3.88. The van der Waals surface area contributed by atoms with Crippen molar-refractivity contribution in [3.63, 3.8) is 0 Å². The molecule has 2 N–H and O–H groups in total. The van der Waals surface area contributed by atoms with Gasteiger partial charge in [-0.2, -0.15) is 0 Å². The largest absolute Gasteiger partial charge is 0.326 e. The highest BCUT2D eigenvalue weighted by atomic mass is 32.2. The summed E-state index contributed by atoms with van der Waals surface area (Å²) in [6, 6.07) is 13.3. The molecule has 1 amide bonds. The number of anilines is 1. The fraction of sp³-hybridized carbons (Fsp3) is 0.190. The summed E-state index contributed by atoms with van der Waals surface area (Å²) in [4.78, 5) is 31.3. The highest BCUT2D eigenvalue weighted by Crippen LogP contribution is 2.19. The van der Waals surface area contributed by atoms with Gasteiger partial charge in [-0.15, -0.1) is 0 Å². The second-order valence-corrected chi connectivity index (χ2v) is 7.46. The first-order chi connectivity index (χ1) is 13.4. The lowest BCUT2D eigenvalue weighted by Gasteiger charge is -2.09. The number of hydrogen-bond donors (Lipinski definition) is 2. The average Bonchev–Trinajstić information content (AvgIpc) is 2.64. The summed E-state index contributed by atoms with van der Waals surface area (Å²) in [6.07, 6.45) is 0.00140. The number of nitrogens with zero attached hydrogens (tertiary/aromatic N) is 1. The number of carbonyl (C=O) groups is 1. The fourth-order valence-electron chi connectivity index (χ4n) is 2.60. The van der Waals surface area contributed by atoms with Gasteiger partial charge in [-0.05, 0) is 48.7 Å². The van der Waals surface area contributed by atoms with Gasteiger partial charge in [-0.25, -0.2) is 9.37 Å². The van der Waals surface area contributed by atoms with Crippen LogP contribution in [0.25, 0.3) is 0 Å². The van der Waals surface area contributed by atoms with Crippen LogP contribution in [-0.2, 0) is 17.0 Å². The molecule has 144 valence electrons. The number of rotatable bonds is 6. The van der Waals surface area contributed by atoms with E-state index in [1.807, 2.05) is 32.0 Å². The Bertz CT molecular complexity index is 1050. The lowest BCUT2D eigenvalue weighted by atomic mass is 10.1. The molecule has 0 saturated carbocycles. The number of hydrogen-bond acceptors (Lipinski definition) is 4. The van der Waals surface area contributed by atoms with Gasteiger partial charge in [-0.3, -0.25) is 9.59 Å². The van der Waals surface area contributed by atoms with Crippen molar-refractivity contribution >= 4 is 23.4 Å². The van der Waals surface area contributed by atoms with Gasteiger partial charge in [0.25, 0.3) is 5.56 Å². The molecule has 0 unspecified atom stereocenters.